The maximum absolute atomic E-state index is 11.9. The Hall–Kier alpha value is -3.02. The molecule has 6 nitrogen and oxygen atoms in total. The number of aromatic hydroxyl groups is 1. The van der Waals surface area contributed by atoms with Crippen molar-refractivity contribution in [3.05, 3.63) is 59.2 Å². The summed E-state index contributed by atoms with van der Waals surface area (Å²) in [6, 6.07) is 12.4. The van der Waals surface area contributed by atoms with Crippen molar-refractivity contribution in [3.63, 3.8) is 0 Å². The lowest BCUT2D eigenvalue weighted by molar-refractivity contribution is -0.124. The molecule has 0 heterocycles. The van der Waals surface area contributed by atoms with E-state index in [9.17, 15) is 14.7 Å². The van der Waals surface area contributed by atoms with Crippen LogP contribution in [0, 0.1) is 6.92 Å². The number of nitrogens with zero attached hydrogens (tertiary/aromatic N) is 1. The van der Waals surface area contributed by atoms with Crippen LogP contribution in [0.2, 0.25) is 0 Å². The summed E-state index contributed by atoms with van der Waals surface area (Å²) in [5.74, 6) is -1.30. The van der Waals surface area contributed by atoms with Gasteiger partial charge in [-0.2, -0.15) is 0 Å². The number of benzene rings is 2. The van der Waals surface area contributed by atoms with Crippen molar-refractivity contribution in [3.8, 4) is 5.75 Å². The first-order chi connectivity index (χ1) is 11.9. The Morgan fingerprint density at radius 2 is 1.80 bits per heavy atom. The van der Waals surface area contributed by atoms with E-state index in [4.69, 9.17) is 4.74 Å². The third kappa shape index (κ3) is 5.24. The number of carbonyl (C=O) groups excluding carboxylic acids is 2. The van der Waals surface area contributed by atoms with E-state index in [0.717, 1.165) is 16.8 Å². The van der Waals surface area contributed by atoms with Gasteiger partial charge in [-0.15, -0.1) is 0 Å². The first kappa shape index (κ1) is 18.3. The Kier molecular flexibility index (Phi) is 6.00. The molecule has 0 saturated carbocycles. The van der Waals surface area contributed by atoms with Gasteiger partial charge in [0.25, 0.3) is 5.91 Å². The van der Waals surface area contributed by atoms with E-state index < -0.39 is 18.5 Å². The van der Waals surface area contributed by atoms with E-state index in [1.54, 1.807) is 13.0 Å². The molecule has 25 heavy (non-hydrogen) atoms. The molecule has 0 aromatic heterocycles. The van der Waals surface area contributed by atoms with E-state index >= 15 is 0 Å². The quantitative estimate of drug-likeness (QED) is 0.787. The number of phenols is 1. The minimum atomic E-state index is -0.730. The summed E-state index contributed by atoms with van der Waals surface area (Å²) in [5.41, 5.74) is 2.88. The normalized spacial score (nSPS) is 10.2. The van der Waals surface area contributed by atoms with Gasteiger partial charge in [0.2, 0.25) is 0 Å². The number of rotatable bonds is 6. The Labute approximate surface area is 147 Å². The zero-order chi connectivity index (χ0) is 18.4. The van der Waals surface area contributed by atoms with Crippen molar-refractivity contribution in [1.82, 2.24) is 5.32 Å². The van der Waals surface area contributed by atoms with Crippen molar-refractivity contribution < 1.29 is 19.4 Å². The van der Waals surface area contributed by atoms with E-state index in [2.05, 4.69) is 5.32 Å². The molecule has 0 aliphatic rings. The number of ether oxygens (including phenoxy) is 1. The largest absolute Gasteiger partial charge is 0.507 e. The van der Waals surface area contributed by atoms with Crippen LogP contribution in [-0.4, -0.2) is 37.7 Å². The van der Waals surface area contributed by atoms with Crippen LogP contribution in [0.3, 0.4) is 0 Å². The van der Waals surface area contributed by atoms with Gasteiger partial charge in [-0.3, -0.25) is 4.79 Å². The molecule has 0 spiro atoms. The molecule has 0 saturated heterocycles. The summed E-state index contributed by atoms with van der Waals surface area (Å²) in [4.78, 5) is 25.7. The Balaban J connectivity index is 1.82. The molecule has 132 valence electrons. The number of hydrogen-bond donors (Lipinski definition) is 2. The van der Waals surface area contributed by atoms with E-state index in [1.807, 2.05) is 43.3 Å². The van der Waals surface area contributed by atoms with Gasteiger partial charge in [-0.05, 0) is 36.8 Å². The van der Waals surface area contributed by atoms with Gasteiger partial charge in [0.15, 0.2) is 6.61 Å². The minimum Gasteiger partial charge on any atom is -0.507 e. The fourth-order valence-electron chi connectivity index (χ4n) is 2.19. The molecule has 1 amide bonds. The van der Waals surface area contributed by atoms with Crippen molar-refractivity contribution >= 4 is 17.6 Å². The van der Waals surface area contributed by atoms with Crippen molar-refractivity contribution in [1.29, 1.82) is 0 Å². The number of aryl methyl sites for hydroxylation is 1. The highest BCUT2D eigenvalue weighted by Crippen LogP contribution is 2.19. The van der Waals surface area contributed by atoms with Gasteiger partial charge in [-0.25, -0.2) is 4.79 Å². The lowest BCUT2D eigenvalue weighted by Crippen LogP contribution is -2.28. The van der Waals surface area contributed by atoms with Crippen molar-refractivity contribution in [2.45, 2.75) is 13.5 Å². The second kappa shape index (κ2) is 8.19. The SMILES string of the molecule is Cc1ccc(O)c(C(=O)OCC(=O)NCc2ccc(N(C)C)cc2)c1. The second-order valence-corrected chi connectivity index (χ2v) is 5.93. The highest BCUT2D eigenvalue weighted by Gasteiger charge is 2.14. The van der Waals surface area contributed by atoms with Gasteiger partial charge in [0.1, 0.15) is 11.3 Å². The van der Waals surface area contributed by atoms with Crippen LogP contribution in [0.5, 0.6) is 5.75 Å². The third-order valence-electron chi connectivity index (χ3n) is 3.65. The van der Waals surface area contributed by atoms with Gasteiger partial charge in [0.05, 0.1) is 0 Å². The monoisotopic (exact) mass is 342 g/mol. The highest BCUT2D eigenvalue weighted by atomic mass is 16.5. The van der Waals surface area contributed by atoms with Gasteiger partial charge in [-0.1, -0.05) is 23.8 Å². The molecule has 0 aliphatic heterocycles. The molecular weight excluding hydrogens is 320 g/mol. The van der Waals surface area contributed by atoms with E-state index in [0.29, 0.717) is 6.54 Å². The molecule has 2 aromatic rings. The second-order valence-electron chi connectivity index (χ2n) is 5.93. The van der Waals surface area contributed by atoms with Crippen LogP contribution < -0.4 is 10.2 Å². The zero-order valence-electron chi connectivity index (χ0n) is 14.6. The molecular formula is C19H22N2O4. The first-order valence-electron chi connectivity index (χ1n) is 7.86. The van der Waals surface area contributed by atoms with Crippen LogP contribution in [0.4, 0.5) is 5.69 Å². The van der Waals surface area contributed by atoms with Crippen molar-refractivity contribution in [2.75, 3.05) is 25.6 Å². The minimum absolute atomic E-state index is 0.0482. The molecule has 0 fully saturated rings. The maximum atomic E-state index is 11.9. The number of amides is 1. The number of esters is 1. The average Bonchev–Trinajstić information content (AvgIpc) is 2.60. The van der Waals surface area contributed by atoms with Crippen molar-refractivity contribution in [2.24, 2.45) is 0 Å². The number of carbonyl (C=O) groups is 2. The number of phenolic OH excluding ortho intramolecular Hbond substituents is 1. The van der Waals surface area contributed by atoms with Gasteiger partial charge in [0, 0.05) is 26.3 Å². The maximum Gasteiger partial charge on any atom is 0.342 e. The number of hydrogen-bond acceptors (Lipinski definition) is 5. The van der Waals surface area contributed by atoms with Crippen LogP contribution in [0.15, 0.2) is 42.5 Å². The summed E-state index contributed by atoms with van der Waals surface area (Å²) < 4.78 is 4.95. The Morgan fingerprint density at radius 1 is 1.12 bits per heavy atom. The standard InChI is InChI=1S/C19H22N2O4/c1-13-4-9-17(22)16(10-13)19(24)25-12-18(23)20-11-14-5-7-15(8-6-14)21(2)3/h4-10,22H,11-12H2,1-3H3,(H,20,23). The molecule has 0 bridgehead atoms. The molecule has 2 aromatic carbocycles. The predicted octanol–water partition coefficient (Wildman–Crippen LogP) is 2.24. The van der Waals surface area contributed by atoms with Crippen LogP contribution in [0.25, 0.3) is 0 Å². The molecule has 2 rings (SSSR count). The Morgan fingerprint density at radius 3 is 2.44 bits per heavy atom. The van der Waals surface area contributed by atoms with E-state index in [1.165, 1.54) is 12.1 Å². The lowest BCUT2D eigenvalue weighted by Gasteiger charge is -2.13. The summed E-state index contributed by atoms with van der Waals surface area (Å²) in [5, 5.41) is 12.4. The van der Waals surface area contributed by atoms with Gasteiger partial charge < -0.3 is 20.1 Å². The fourth-order valence-corrected chi connectivity index (χ4v) is 2.19. The average molecular weight is 342 g/mol. The summed E-state index contributed by atoms with van der Waals surface area (Å²) >= 11 is 0. The molecule has 0 aliphatic carbocycles. The summed E-state index contributed by atoms with van der Waals surface area (Å²) in [7, 11) is 3.91. The first-order valence-corrected chi connectivity index (χ1v) is 7.86. The van der Waals surface area contributed by atoms with Crippen LogP contribution >= 0.6 is 0 Å². The Bertz CT molecular complexity index is 755. The van der Waals surface area contributed by atoms with Crippen LogP contribution in [0.1, 0.15) is 21.5 Å². The third-order valence-corrected chi connectivity index (χ3v) is 3.65. The topological polar surface area (TPSA) is 78.9 Å². The molecule has 0 atom stereocenters. The molecule has 0 unspecified atom stereocenters. The molecule has 2 N–H and O–H groups in total. The number of anilines is 1. The fraction of sp³-hybridized carbons (Fsp3) is 0.263. The van der Waals surface area contributed by atoms with Gasteiger partial charge >= 0.3 is 5.97 Å². The molecule has 0 radical (unpaired) electrons. The van der Waals surface area contributed by atoms with Crippen LogP contribution in [-0.2, 0) is 16.1 Å². The summed E-state index contributed by atoms with van der Waals surface area (Å²) in [6.45, 7) is 1.74. The molecule has 6 heteroatoms. The lowest BCUT2D eigenvalue weighted by atomic mass is 10.1. The number of nitrogens with one attached hydrogen (secondary N) is 1. The predicted molar refractivity (Wildman–Crippen MR) is 95.7 cm³/mol. The summed E-state index contributed by atoms with van der Waals surface area (Å²) in [6.07, 6.45) is 0. The highest BCUT2D eigenvalue weighted by molar-refractivity contribution is 5.94. The zero-order valence-corrected chi connectivity index (χ0v) is 14.6. The van der Waals surface area contributed by atoms with E-state index in [-0.39, 0.29) is 11.3 Å². The smallest absolute Gasteiger partial charge is 0.342 e.